The van der Waals surface area contributed by atoms with Gasteiger partial charge in [0, 0.05) is 0 Å². The van der Waals surface area contributed by atoms with Crippen LogP contribution in [0.15, 0.2) is 0 Å². The van der Waals surface area contributed by atoms with Crippen molar-refractivity contribution >= 4 is 22.5 Å². The van der Waals surface area contributed by atoms with Gasteiger partial charge in [0.25, 0.3) is 0 Å². The van der Waals surface area contributed by atoms with Crippen LogP contribution in [-0.2, 0) is 0 Å². The zero-order valence-corrected chi connectivity index (χ0v) is 8.61. The Hall–Kier alpha value is 1.01. The van der Waals surface area contributed by atoms with E-state index in [1.54, 1.807) is 22.5 Å². The molecule has 0 heterocycles. The van der Waals surface area contributed by atoms with Crippen LogP contribution in [0.5, 0.6) is 0 Å². The van der Waals surface area contributed by atoms with E-state index < -0.39 is 0 Å². The topological polar surface area (TPSA) is 63.0 Å². The molecule has 2 radical (unpaired) electrons. The van der Waals surface area contributed by atoms with E-state index in [-0.39, 0.29) is 23.4 Å². The molecule has 0 aliphatic carbocycles. The average Bonchev–Trinajstić information content (AvgIpc) is 1.41. The Morgan fingerprint density at radius 2 is 1.62 bits per heavy atom. The van der Waals surface area contributed by atoms with Gasteiger partial charge in [-0.2, -0.15) is 0 Å². The van der Waals surface area contributed by atoms with Crippen molar-refractivity contribution in [3.63, 3.8) is 0 Å². The number of hydrogen-bond acceptors (Lipinski definition) is 0. The van der Waals surface area contributed by atoms with E-state index in [9.17, 15) is 0 Å². The first-order valence-electron chi connectivity index (χ1n) is 2.06. The molecule has 2 nitrogen and oxygen atoms in total. The summed E-state index contributed by atoms with van der Waals surface area (Å²) < 4.78 is 1.43. The van der Waals surface area contributed by atoms with Crippen molar-refractivity contribution in [3.8, 4) is 0 Å². The van der Waals surface area contributed by atoms with E-state index in [4.69, 9.17) is 0 Å². The normalized spacial score (nSPS) is 5.12. The minimum absolute atomic E-state index is 0. The molecule has 0 unspecified atom stereocenters. The number of hydrogen-bond donors (Lipinski definition) is 0. The first-order chi connectivity index (χ1) is 2.41. The molecule has 52 valence electrons. The van der Waals surface area contributed by atoms with Crippen LogP contribution in [0.1, 0.15) is 19.8 Å². The maximum Gasteiger partial charge on any atom is -0.412 e. The van der Waals surface area contributed by atoms with Gasteiger partial charge < -0.3 is 23.4 Å². The van der Waals surface area contributed by atoms with Gasteiger partial charge in [-0.05, 0) is 0 Å². The second kappa shape index (κ2) is 24.5. The summed E-state index contributed by atoms with van der Waals surface area (Å²) in [6.45, 7) is 2.23. The molecule has 0 saturated heterocycles. The molecule has 0 aliphatic heterocycles. The van der Waals surface area contributed by atoms with Gasteiger partial charge in [0.05, 0.1) is 0 Å². The van der Waals surface area contributed by atoms with Crippen LogP contribution in [-0.4, -0.2) is 33.5 Å². The summed E-state index contributed by atoms with van der Waals surface area (Å²) in [7, 11) is 0. The summed E-state index contributed by atoms with van der Waals surface area (Å²) in [4.78, 5) is 0. The van der Waals surface area contributed by atoms with Crippen LogP contribution in [0.4, 0.5) is 0 Å². The fourth-order valence-electron chi connectivity index (χ4n) is 0.177. The molecule has 0 rings (SSSR count). The molecule has 0 spiro atoms. The predicted octanol–water partition coefficient (Wildman–Crippen LogP) is -3.27. The van der Waals surface area contributed by atoms with Gasteiger partial charge in [-0.25, -0.2) is 0 Å². The number of halogens is 1. The Labute approximate surface area is 70.2 Å². The summed E-state index contributed by atoms with van der Waals surface area (Å²) >= 11 is 1.68. The Morgan fingerprint density at radius 1 is 1.25 bits per heavy atom. The van der Waals surface area contributed by atoms with Crippen LogP contribution < -0.4 is 12.4 Å². The maximum atomic E-state index is 2.23. The van der Waals surface area contributed by atoms with Crippen molar-refractivity contribution in [2.45, 2.75) is 24.2 Å². The van der Waals surface area contributed by atoms with Crippen molar-refractivity contribution in [2.24, 2.45) is 0 Å². The smallest absolute Gasteiger partial charge is 0.412 e. The van der Waals surface area contributed by atoms with Gasteiger partial charge >= 0.3 is 46.7 Å². The molecular formula is C4H13ClO2Sn. The van der Waals surface area contributed by atoms with Crippen molar-refractivity contribution < 1.29 is 23.4 Å². The van der Waals surface area contributed by atoms with E-state index in [1.807, 2.05) is 0 Å². The van der Waals surface area contributed by atoms with Crippen LogP contribution in [0, 0.1) is 0 Å². The quantitative estimate of drug-likeness (QED) is 0.460. The summed E-state index contributed by atoms with van der Waals surface area (Å²) in [5.41, 5.74) is 0. The molecule has 0 fully saturated rings. The van der Waals surface area contributed by atoms with Gasteiger partial charge in [-0.15, -0.1) is 0 Å². The molecule has 0 aliphatic rings. The van der Waals surface area contributed by atoms with Crippen molar-refractivity contribution in [2.75, 3.05) is 0 Å². The Bertz CT molecular complexity index is 21.5. The molecular weight excluding hydrogens is 234 g/mol. The SMILES string of the molecule is CCC[CH2][Sn+].O.O.[Cl-]. The fraction of sp³-hybridized carbons (Fsp3) is 1.00. The summed E-state index contributed by atoms with van der Waals surface area (Å²) in [6.07, 6.45) is 2.80. The van der Waals surface area contributed by atoms with Gasteiger partial charge in [-0.3, -0.25) is 0 Å². The summed E-state index contributed by atoms with van der Waals surface area (Å²) in [5.74, 6) is 0. The molecule has 0 bridgehead atoms. The Kier molecular flexibility index (Phi) is 70.5. The van der Waals surface area contributed by atoms with E-state index in [1.165, 1.54) is 17.3 Å². The monoisotopic (exact) mass is 248 g/mol. The van der Waals surface area contributed by atoms with Crippen LogP contribution in [0.2, 0.25) is 4.44 Å². The third-order valence-electron chi connectivity index (χ3n) is 0.530. The first-order valence-corrected chi connectivity index (χ1v) is 4.08. The minimum Gasteiger partial charge on any atom is -1.00 e. The first kappa shape index (κ1) is 23.0. The molecule has 0 atom stereocenters. The molecule has 4 heteroatoms. The van der Waals surface area contributed by atoms with Gasteiger partial charge in [0.2, 0.25) is 0 Å². The van der Waals surface area contributed by atoms with Gasteiger partial charge in [0.15, 0.2) is 0 Å². The second-order valence-corrected chi connectivity index (χ2v) is 2.53. The molecule has 4 N–H and O–H groups in total. The van der Waals surface area contributed by atoms with Gasteiger partial charge in [-0.1, -0.05) is 0 Å². The molecule has 8 heavy (non-hydrogen) atoms. The third-order valence-corrected chi connectivity index (χ3v) is 1.54. The molecule has 0 aromatic heterocycles. The number of rotatable bonds is 2. The predicted molar refractivity (Wildman–Crippen MR) is 32.7 cm³/mol. The number of unbranched alkanes of at least 4 members (excludes halogenated alkanes) is 1. The average molecular weight is 247 g/mol. The second-order valence-electron chi connectivity index (χ2n) is 1.10. The Morgan fingerprint density at radius 3 is 1.62 bits per heavy atom. The molecule has 0 aromatic carbocycles. The summed E-state index contributed by atoms with van der Waals surface area (Å²) in [5, 5.41) is 0. The zero-order valence-electron chi connectivity index (χ0n) is 5.00. The van der Waals surface area contributed by atoms with Crippen molar-refractivity contribution in [1.82, 2.24) is 0 Å². The Balaban J connectivity index is -0.0000000267. The molecule has 0 saturated carbocycles. The minimum atomic E-state index is 0. The van der Waals surface area contributed by atoms with E-state index >= 15 is 0 Å². The fourth-order valence-corrected chi connectivity index (χ4v) is 1.19. The third kappa shape index (κ3) is 28.0. The molecule has 0 amide bonds. The van der Waals surface area contributed by atoms with E-state index in [2.05, 4.69) is 6.92 Å². The summed E-state index contributed by atoms with van der Waals surface area (Å²) in [6, 6.07) is 0. The van der Waals surface area contributed by atoms with Crippen LogP contribution in [0.3, 0.4) is 0 Å². The van der Waals surface area contributed by atoms with Crippen LogP contribution in [0.25, 0.3) is 0 Å². The molecule has 0 aromatic rings. The maximum absolute atomic E-state index is 2.23. The van der Waals surface area contributed by atoms with Crippen molar-refractivity contribution in [3.05, 3.63) is 0 Å². The van der Waals surface area contributed by atoms with E-state index in [0.29, 0.717) is 0 Å². The van der Waals surface area contributed by atoms with E-state index in [0.717, 1.165) is 0 Å². The van der Waals surface area contributed by atoms with Crippen LogP contribution >= 0.6 is 0 Å². The standard InChI is InChI=1S/C4H9.ClH.2H2O.Sn/c1-3-4-2;;;;/h1,3-4H2,2H3;1H;2*1H2;/q;;;;+1/p-1. The largest absolute Gasteiger partial charge is 1.00 e. The van der Waals surface area contributed by atoms with Gasteiger partial charge in [0.1, 0.15) is 0 Å². The zero-order chi connectivity index (χ0) is 4.12. The van der Waals surface area contributed by atoms with Crippen molar-refractivity contribution in [1.29, 1.82) is 0 Å².